The zero-order valence-electron chi connectivity index (χ0n) is 19.9. The molecule has 8 nitrogen and oxygen atoms in total. The van der Waals surface area contributed by atoms with Crippen LogP contribution in [0.1, 0.15) is 18.4 Å². The molecule has 2 heterocycles. The van der Waals surface area contributed by atoms with Crippen molar-refractivity contribution in [1.29, 1.82) is 0 Å². The summed E-state index contributed by atoms with van der Waals surface area (Å²) in [6.07, 6.45) is 5.78. The first kappa shape index (κ1) is 25.7. The summed E-state index contributed by atoms with van der Waals surface area (Å²) in [7, 11) is 5.18. The van der Waals surface area contributed by atoms with Crippen LogP contribution in [0.15, 0.2) is 65.9 Å². The highest BCUT2D eigenvalue weighted by molar-refractivity contribution is 14.0. The number of ether oxygens (including phenoxy) is 2. The molecule has 0 bridgehead atoms. The van der Waals surface area contributed by atoms with Crippen LogP contribution in [0.25, 0.3) is 5.69 Å². The van der Waals surface area contributed by atoms with E-state index >= 15 is 0 Å². The van der Waals surface area contributed by atoms with Crippen molar-refractivity contribution in [1.82, 2.24) is 20.4 Å². The van der Waals surface area contributed by atoms with Gasteiger partial charge in [-0.1, -0.05) is 12.1 Å². The average molecular weight is 576 g/mol. The van der Waals surface area contributed by atoms with Crippen molar-refractivity contribution in [3.8, 4) is 17.2 Å². The van der Waals surface area contributed by atoms with Gasteiger partial charge in [0, 0.05) is 69.0 Å². The monoisotopic (exact) mass is 576 g/mol. The average Bonchev–Trinajstić information content (AvgIpc) is 3.42. The molecule has 0 unspecified atom stereocenters. The van der Waals surface area contributed by atoms with E-state index in [9.17, 15) is 0 Å². The molecule has 1 aromatic heterocycles. The molecule has 0 radical (unpaired) electrons. The first-order valence-electron chi connectivity index (χ1n) is 11.2. The largest absolute Gasteiger partial charge is 0.497 e. The smallest absolute Gasteiger partial charge is 0.191 e. The Morgan fingerprint density at radius 1 is 1.03 bits per heavy atom. The summed E-state index contributed by atoms with van der Waals surface area (Å²) in [6, 6.07) is 16.7. The van der Waals surface area contributed by atoms with Crippen LogP contribution < -0.4 is 25.0 Å². The first-order chi connectivity index (χ1) is 16.2. The van der Waals surface area contributed by atoms with Crippen LogP contribution in [-0.4, -0.2) is 56.1 Å². The molecule has 0 amide bonds. The van der Waals surface area contributed by atoms with Gasteiger partial charge >= 0.3 is 0 Å². The predicted octanol–water partition coefficient (Wildman–Crippen LogP) is 3.84. The quantitative estimate of drug-likeness (QED) is 0.253. The van der Waals surface area contributed by atoms with Crippen LogP contribution in [0.2, 0.25) is 0 Å². The van der Waals surface area contributed by atoms with Crippen molar-refractivity contribution in [3.05, 3.63) is 66.5 Å². The molecule has 1 aliphatic rings. The number of piperidine rings is 1. The zero-order chi connectivity index (χ0) is 23.0. The molecule has 0 atom stereocenters. The third-order valence-corrected chi connectivity index (χ3v) is 5.90. The van der Waals surface area contributed by atoms with Crippen molar-refractivity contribution in [2.24, 2.45) is 4.99 Å². The van der Waals surface area contributed by atoms with E-state index in [0.717, 1.165) is 54.8 Å². The molecular formula is C25H33IN6O2. The Balaban J connectivity index is 0.00000324. The Labute approximate surface area is 218 Å². The lowest BCUT2D eigenvalue weighted by molar-refractivity contribution is 0.393. The first-order valence-corrected chi connectivity index (χ1v) is 11.2. The summed E-state index contributed by atoms with van der Waals surface area (Å²) in [4.78, 5) is 6.80. The molecule has 0 spiro atoms. The van der Waals surface area contributed by atoms with Crippen LogP contribution in [-0.2, 0) is 6.54 Å². The maximum atomic E-state index is 5.42. The number of aromatic nitrogens is 2. The fourth-order valence-electron chi connectivity index (χ4n) is 4.06. The van der Waals surface area contributed by atoms with Gasteiger partial charge in [-0.2, -0.15) is 5.10 Å². The third kappa shape index (κ3) is 6.55. The minimum atomic E-state index is 0. The van der Waals surface area contributed by atoms with E-state index in [4.69, 9.17) is 9.47 Å². The Morgan fingerprint density at radius 2 is 1.76 bits per heavy atom. The van der Waals surface area contributed by atoms with Crippen LogP contribution >= 0.6 is 24.0 Å². The summed E-state index contributed by atoms with van der Waals surface area (Å²) < 4.78 is 12.7. The summed E-state index contributed by atoms with van der Waals surface area (Å²) in [6.45, 7) is 2.60. The van der Waals surface area contributed by atoms with E-state index in [0.29, 0.717) is 12.6 Å². The summed E-state index contributed by atoms with van der Waals surface area (Å²) >= 11 is 0. The Hall–Kier alpha value is -2.95. The van der Waals surface area contributed by atoms with Gasteiger partial charge in [-0.25, -0.2) is 4.68 Å². The Morgan fingerprint density at radius 3 is 2.38 bits per heavy atom. The van der Waals surface area contributed by atoms with Crippen LogP contribution in [0.4, 0.5) is 5.69 Å². The van der Waals surface area contributed by atoms with Gasteiger partial charge in [0.15, 0.2) is 5.96 Å². The number of nitrogens with zero attached hydrogens (tertiary/aromatic N) is 4. The fraction of sp³-hybridized carbons (Fsp3) is 0.360. The lowest BCUT2D eigenvalue weighted by Crippen LogP contribution is -2.48. The molecule has 3 aromatic rings. The van der Waals surface area contributed by atoms with Gasteiger partial charge in [-0.15, -0.1) is 24.0 Å². The number of benzene rings is 2. The van der Waals surface area contributed by atoms with Crippen molar-refractivity contribution in [2.45, 2.75) is 25.4 Å². The molecule has 1 aliphatic heterocycles. The number of methoxy groups -OCH3 is 2. The normalized spacial score (nSPS) is 14.3. The molecule has 2 N–H and O–H groups in total. The highest BCUT2D eigenvalue weighted by Crippen LogP contribution is 2.30. The van der Waals surface area contributed by atoms with E-state index in [-0.39, 0.29) is 24.0 Å². The molecule has 9 heteroatoms. The van der Waals surface area contributed by atoms with Gasteiger partial charge in [0.05, 0.1) is 19.9 Å². The lowest BCUT2D eigenvalue weighted by atomic mass is 10.0. The lowest BCUT2D eigenvalue weighted by Gasteiger charge is -2.34. The highest BCUT2D eigenvalue weighted by atomic mass is 127. The van der Waals surface area contributed by atoms with Gasteiger partial charge in [0.2, 0.25) is 0 Å². The minimum absolute atomic E-state index is 0. The van der Waals surface area contributed by atoms with E-state index in [1.807, 2.05) is 36.1 Å². The molecule has 1 fully saturated rings. The van der Waals surface area contributed by atoms with Crippen LogP contribution in [0.5, 0.6) is 11.5 Å². The molecule has 2 aromatic carbocycles. The summed E-state index contributed by atoms with van der Waals surface area (Å²) in [5.41, 5.74) is 3.35. The standard InChI is InChI=1S/C25H32N6O2.HI/c1-26-25(27-18-19-6-4-7-21(14-19)31-11-5-10-28-31)29-20-8-12-30(13-9-20)22-15-23(32-2)17-24(16-22)33-3;/h4-7,10-11,14-17,20H,8-9,12-13,18H2,1-3H3,(H2,26,27,29);1H. The van der Waals surface area contributed by atoms with Crippen LogP contribution in [0.3, 0.4) is 0 Å². The summed E-state index contributed by atoms with van der Waals surface area (Å²) in [5.74, 6) is 2.44. The molecule has 1 saturated heterocycles. The number of halogens is 1. The number of hydrogen-bond acceptors (Lipinski definition) is 5. The van der Waals surface area contributed by atoms with Gasteiger partial charge in [0.25, 0.3) is 0 Å². The Kier molecular flexibility index (Phi) is 9.43. The summed E-state index contributed by atoms with van der Waals surface area (Å²) in [5, 5.41) is 11.3. The van der Waals surface area contributed by atoms with E-state index in [2.05, 4.69) is 56.0 Å². The molecule has 0 saturated carbocycles. The second kappa shape index (κ2) is 12.5. The minimum Gasteiger partial charge on any atom is -0.497 e. The second-order valence-electron chi connectivity index (χ2n) is 8.02. The number of nitrogens with one attached hydrogen (secondary N) is 2. The molecular weight excluding hydrogens is 543 g/mol. The highest BCUT2D eigenvalue weighted by Gasteiger charge is 2.21. The van der Waals surface area contributed by atoms with E-state index in [1.165, 1.54) is 5.56 Å². The second-order valence-corrected chi connectivity index (χ2v) is 8.02. The van der Waals surface area contributed by atoms with Gasteiger partial charge in [-0.3, -0.25) is 4.99 Å². The third-order valence-electron chi connectivity index (χ3n) is 5.90. The fourth-order valence-corrected chi connectivity index (χ4v) is 4.06. The topological polar surface area (TPSA) is 75.9 Å². The maximum absolute atomic E-state index is 5.42. The zero-order valence-corrected chi connectivity index (χ0v) is 22.2. The number of aliphatic imine (C=N–C) groups is 1. The number of rotatable bonds is 7. The van der Waals surface area contributed by atoms with Gasteiger partial charge in [-0.05, 0) is 36.6 Å². The van der Waals surface area contributed by atoms with Crippen molar-refractivity contribution < 1.29 is 9.47 Å². The molecule has 34 heavy (non-hydrogen) atoms. The SMILES string of the molecule is CN=C(NCc1cccc(-n2cccn2)c1)NC1CCN(c2cc(OC)cc(OC)c2)CC1.I. The number of guanidine groups is 1. The van der Waals surface area contributed by atoms with Gasteiger partial charge in [0.1, 0.15) is 11.5 Å². The number of anilines is 1. The van der Waals surface area contributed by atoms with Crippen molar-refractivity contribution in [2.75, 3.05) is 39.3 Å². The number of hydrogen-bond donors (Lipinski definition) is 2. The van der Waals surface area contributed by atoms with Crippen molar-refractivity contribution in [3.63, 3.8) is 0 Å². The van der Waals surface area contributed by atoms with E-state index < -0.39 is 0 Å². The molecule has 4 rings (SSSR count). The maximum Gasteiger partial charge on any atom is 0.191 e. The molecule has 182 valence electrons. The van der Waals surface area contributed by atoms with Crippen LogP contribution in [0, 0.1) is 0 Å². The predicted molar refractivity (Wildman–Crippen MR) is 147 cm³/mol. The Bertz CT molecular complexity index is 1040. The van der Waals surface area contributed by atoms with Crippen molar-refractivity contribution >= 4 is 35.6 Å². The van der Waals surface area contributed by atoms with E-state index in [1.54, 1.807) is 20.4 Å². The molecule has 0 aliphatic carbocycles. The van der Waals surface area contributed by atoms with Gasteiger partial charge < -0.3 is 25.0 Å².